The molecular weight excluding hydrogens is 130 g/mol. The van der Waals surface area contributed by atoms with Gasteiger partial charge in [0.25, 0.3) is 0 Å². The first-order valence-corrected chi connectivity index (χ1v) is 3.28. The van der Waals surface area contributed by atoms with Crippen molar-refractivity contribution in [2.75, 3.05) is 6.61 Å². The van der Waals surface area contributed by atoms with E-state index >= 15 is 0 Å². The number of aromatic nitrogens is 1. The molecule has 0 aromatic carbocycles. The highest BCUT2D eigenvalue weighted by atomic mass is 16.4. The monoisotopic (exact) mass is 141 g/mol. The normalized spacial score (nSPS) is 10.3. The quantitative estimate of drug-likeness (QED) is 0.663. The second kappa shape index (κ2) is 2.84. The van der Waals surface area contributed by atoms with E-state index < -0.39 is 0 Å². The molecule has 0 saturated heterocycles. The van der Waals surface area contributed by atoms with Gasteiger partial charge in [0.2, 0.25) is 0 Å². The molecule has 10 heavy (non-hydrogen) atoms. The summed E-state index contributed by atoms with van der Waals surface area (Å²) in [4.78, 5) is 4.07. The van der Waals surface area contributed by atoms with Crippen molar-refractivity contribution in [2.24, 2.45) is 0 Å². The second-order valence-corrected chi connectivity index (χ2v) is 2.21. The van der Waals surface area contributed by atoms with E-state index in [-0.39, 0.29) is 6.61 Å². The van der Waals surface area contributed by atoms with E-state index in [1.54, 1.807) is 6.92 Å². The summed E-state index contributed by atoms with van der Waals surface area (Å²) in [5.74, 6) is 1.48. The van der Waals surface area contributed by atoms with Crippen molar-refractivity contribution >= 4 is 0 Å². The Bertz CT molecular complexity index is 217. The summed E-state index contributed by atoms with van der Waals surface area (Å²) < 4.78 is 5.14. The topological polar surface area (TPSA) is 46.3 Å². The summed E-state index contributed by atoms with van der Waals surface area (Å²) >= 11 is 0. The number of aliphatic hydroxyl groups is 1. The molecule has 0 saturated carbocycles. The highest BCUT2D eigenvalue weighted by Gasteiger charge is 2.03. The first-order valence-electron chi connectivity index (χ1n) is 3.28. The van der Waals surface area contributed by atoms with Crippen molar-refractivity contribution < 1.29 is 9.52 Å². The van der Waals surface area contributed by atoms with E-state index in [4.69, 9.17) is 9.52 Å². The van der Waals surface area contributed by atoms with Gasteiger partial charge in [-0.3, -0.25) is 0 Å². The van der Waals surface area contributed by atoms with Gasteiger partial charge in [-0.05, 0) is 6.92 Å². The molecule has 3 heteroatoms. The van der Waals surface area contributed by atoms with Gasteiger partial charge in [-0.2, -0.15) is 0 Å². The molecule has 1 rings (SSSR count). The van der Waals surface area contributed by atoms with Crippen LogP contribution in [-0.2, 0) is 6.42 Å². The summed E-state index contributed by atoms with van der Waals surface area (Å²) in [7, 11) is 0. The minimum absolute atomic E-state index is 0.132. The molecule has 0 bridgehead atoms. The molecule has 1 aromatic heterocycles. The highest BCUT2D eigenvalue weighted by Crippen LogP contribution is 2.08. The van der Waals surface area contributed by atoms with Gasteiger partial charge in [0.15, 0.2) is 5.89 Å². The van der Waals surface area contributed by atoms with Crippen molar-refractivity contribution in [1.29, 1.82) is 0 Å². The molecule has 1 heterocycles. The fraction of sp³-hybridized carbons (Fsp3) is 0.571. The zero-order valence-corrected chi connectivity index (χ0v) is 6.22. The van der Waals surface area contributed by atoms with Crippen LogP contribution >= 0.6 is 0 Å². The van der Waals surface area contributed by atoms with Crippen LogP contribution in [-0.4, -0.2) is 16.7 Å². The summed E-state index contributed by atoms with van der Waals surface area (Å²) in [5.41, 5.74) is 0.861. The Hall–Kier alpha value is -0.830. The fourth-order valence-electron chi connectivity index (χ4n) is 0.910. The Balaban J connectivity index is 2.81. The molecule has 0 fully saturated rings. The van der Waals surface area contributed by atoms with Crippen LogP contribution < -0.4 is 0 Å². The molecule has 0 unspecified atom stereocenters. The molecule has 0 spiro atoms. The lowest BCUT2D eigenvalue weighted by Crippen LogP contribution is -1.92. The maximum Gasteiger partial charge on any atom is 0.191 e. The molecule has 1 aromatic rings. The number of rotatable bonds is 2. The molecule has 0 amide bonds. The van der Waals surface area contributed by atoms with Gasteiger partial charge in [-0.25, -0.2) is 4.98 Å². The van der Waals surface area contributed by atoms with E-state index in [1.165, 1.54) is 0 Å². The van der Waals surface area contributed by atoms with Crippen LogP contribution in [0.2, 0.25) is 0 Å². The smallest absolute Gasteiger partial charge is 0.191 e. The third kappa shape index (κ3) is 1.36. The Morgan fingerprint density at radius 2 is 2.20 bits per heavy atom. The van der Waals surface area contributed by atoms with Crippen molar-refractivity contribution in [3.05, 3.63) is 17.3 Å². The van der Waals surface area contributed by atoms with Gasteiger partial charge in [0, 0.05) is 20.0 Å². The van der Waals surface area contributed by atoms with Crippen LogP contribution in [0, 0.1) is 13.8 Å². The third-order valence-corrected chi connectivity index (χ3v) is 1.35. The van der Waals surface area contributed by atoms with Crippen LogP contribution in [0.5, 0.6) is 0 Å². The van der Waals surface area contributed by atoms with Crippen LogP contribution in [0.1, 0.15) is 17.3 Å². The van der Waals surface area contributed by atoms with Crippen LogP contribution in [0.3, 0.4) is 0 Å². The molecule has 1 N–H and O–H groups in total. The Morgan fingerprint density at radius 3 is 2.60 bits per heavy atom. The van der Waals surface area contributed by atoms with Crippen molar-refractivity contribution in [3.63, 3.8) is 0 Å². The first kappa shape index (κ1) is 7.28. The average molecular weight is 141 g/mol. The molecule has 0 aliphatic rings. The lowest BCUT2D eigenvalue weighted by Gasteiger charge is -1.88. The summed E-state index contributed by atoms with van der Waals surface area (Å²) in [6.45, 7) is 3.78. The number of aryl methyl sites for hydroxylation is 2. The molecule has 0 radical (unpaired) electrons. The predicted molar refractivity (Wildman–Crippen MR) is 36.8 cm³/mol. The van der Waals surface area contributed by atoms with Gasteiger partial charge in [-0.1, -0.05) is 0 Å². The number of aliphatic hydroxyl groups excluding tert-OH is 1. The van der Waals surface area contributed by atoms with Crippen molar-refractivity contribution in [2.45, 2.75) is 20.3 Å². The van der Waals surface area contributed by atoms with Crippen LogP contribution in [0.15, 0.2) is 4.42 Å². The van der Waals surface area contributed by atoms with Gasteiger partial charge < -0.3 is 9.52 Å². The van der Waals surface area contributed by atoms with Gasteiger partial charge in [0.05, 0.1) is 5.69 Å². The maximum atomic E-state index is 8.57. The lowest BCUT2D eigenvalue weighted by atomic mass is 10.3. The van der Waals surface area contributed by atoms with E-state index in [0.717, 1.165) is 11.5 Å². The first-order chi connectivity index (χ1) is 4.74. The molecule has 0 atom stereocenters. The lowest BCUT2D eigenvalue weighted by molar-refractivity contribution is 0.297. The number of hydrogen-bond acceptors (Lipinski definition) is 3. The number of nitrogens with zero attached hydrogens (tertiary/aromatic N) is 1. The zero-order valence-electron chi connectivity index (χ0n) is 6.22. The molecule has 3 nitrogen and oxygen atoms in total. The summed E-state index contributed by atoms with van der Waals surface area (Å²) in [6.07, 6.45) is 0.586. The van der Waals surface area contributed by atoms with Crippen molar-refractivity contribution in [3.8, 4) is 0 Å². The molecular formula is C7H11NO2. The Kier molecular flexibility index (Phi) is 2.06. The van der Waals surface area contributed by atoms with E-state index in [1.807, 2.05) is 6.92 Å². The highest BCUT2D eigenvalue weighted by molar-refractivity contribution is 5.07. The number of hydrogen-bond donors (Lipinski definition) is 1. The predicted octanol–water partition coefficient (Wildman–Crippen LogP) is 0.826. The van der Waals surface area contributed by atoms with E-state index in [9.17, 15) is 0 Å². The molecule has 0 aliphatic heterocycles. The zero-order chi connectivity index (χ0) is 7.56. The standard InChI is InChI=1S/C7H11NO2/c1-5-7(3-4-9)8-6(2)10-5/h9H,3-4H2,1-2H3. The minimum Gasteiger partial charge on any atom is -0.446 e. The number of oxazole rings is 1. The largest absolute Gasteiger partial charge is 0.446 e. The van der Waals surface area contributed by atoms with Crippen LogP contribution in [0.4, 0.5) is 0 Å². The summed E-state index contributed by atoms with van der Waals surface area (Å²) in [5, 5.41) is 8.57. The van der Waals surface area contributed by atoms with Crippen molar-refractivity contribution in [1.82, 2.24) is 4.98 Å². The third-order valence-electron chi connectivity index (χ3n) is 1.35. The summed E-state index contributed by atoms with van der Waals surface area (Å²) in [6, 6.07) is 0. The fourth-order valence-corrected chi connectivity index (χ4v) is 0.910. The van der Waals surface area contributed by atoms with E-state index in [2.05, 4.69) is 4.98 Å². The average Bonchev–Trinajstić information content (AvgIpc) is 2.13. The molecule has 0 aliphatic carbocycles. The minimum atomic E-state index is 0.132. The Morgan fingerprint density at radius 1 is 1.50 bits per heavy atom. The van der Waals surface area contributed by atoms with Gasteiger partial charge in [-0.15, -0.1) is 0 Å². The SMILES string of the molecule is Cc1nc(CCO)c(C)o1. The Labute approximate surface area is 59.7 Å². The van der Waals surface area contributed by atoms with E-state index in [0.29, 0.717) is 12.3 Å². The second-order valence-electron chi connectivity index (χ2n) is 2.21. The maximum absolute atomic E-state index is 8.57. The van der Waals surface area contributed by atoms with Gasteiger partial charge in [0.1, 0.15) is 5.76 Å². The van der Waals surface area contributed by atoms with Crippen LogP contribution in [0.25, 0.3) is 0 Å². The molecule has 56 valence electrons. The van der Waals surface area contributed by atoms with Gasteiger partial charge >= 0.3 is 0 Å².